The molecular weight excluding hydrogens is 795 g/mol. The molecule has 0 amide bonds. The van der Waals surface area contributed by atoms with E-state index < -0.39 is 8.07 Å². The van der Waals surface area contributed by atoms with Crippen LogP contribution in [0.5, 0.6) is 0 Å². The molecule has 0 saturated heterocycles. The van der Waals surface area contributed by atoms with Gasteiger partial charge in [-0.1, -0.05) is 80.5 Å². The second kappa shape index (κ2) is 14.8. The number of rotatable bonds is 6. The summed E-state index contributed by atoms with van der Waals surface area (Å²) in [6.45, 7) is 13.7. The van der Waals surface area contributed by atoms with Crippen LogP contribution in [0, 0.1) is 36.8 Å². The summed E-state index contributed by atoms with van der Waals surface area (Å²) < 4.78 is 6.04. The minimum atomic E-state index is -1.38. The molecule has 3 aliphatic carbocycles. The second-order valence-corrected chi connectivity index (χ2v) is 20.4. The monoisotopic (exact) mass is 842 g/mol. The van der Waals surface area contributed by atoms with E-state index in [2.05, 4.69) is 98.2 Å². The van der Waals surface area contributed by atoms with Crippen molar-refractivity contribution in [2.75, 3.05) is 0 Å². The molecule has 6 heteroatoms. The van der Waals surface area contributed by atoms with Crippen LogP contribution >= 0.6 is 0 Å². The van der Waals surface area contributed by atoms with E-state index in [9.17, 15) is 0 Å². The first-order valence-corrected chi connectivity index (χ1v) is 21.3. The molecule has 3 fully saturated rings. The first kappa shape index (κ1) is 35.4. The Hall–Kier alpha value is -3.44. The third-order valence-corrected chi connectivity index (χ3v) is 12.7. The van der Waals surface area contributed by atoms with Gasteiger partial charge in [0.05, 0.1) is 13.7 Å². The van der Waals surface area contributed by atoms with Gasteiger partial charge in [-0.3, -0.25) is 0 Å². The van der Waals surface area contributed by atoms with Crippen molar-refractivity contribution in [3.05, 3.63) is 108 Å². The fourth-order valence-corrected chi connectivity index (χ4v) is 9.53. The van der Waals surface area contributed by atoms with E-state index in [1.54, 1.807) is 10.8 Å². The number of hydrogen-bond donors (Lipinski definition) is 0. The smallest absolute Gasteiger partial charge is 0.216 e. The third-order valence-electron chi connectivity index (χ3n) is 10.6. The Balaban J connectivity index is 0.000000167. The molecule has 0 aliphatic heterocycles. The Bertz CT molecular complexity index is 2040. The van der Waals surface area contributed by atoms with E-state index in [-0.39, 0.29) is 20.1 Å². The molecule has 3 saturated carbocycles. The van der Waals surface area contributed by atoms with E-state index in [4.69, 9.17) is 9.40 Å². The number of pyridine rings is 3. The van der Waals surface area contributed by atoms with Gasteiger partial charge >= 0.3 is 0 Å². The molecule has 49 heavy (non-hydrogen) atoms. The van der Waals surface area contributed by atoms with E-state index in [1.165, 1.54) is 44.1 Å². The van der Waals surface area contributed by atoms with Crippen molar-refractivity contribution >= 4 is 35.3 Å². The molecule has 1 atom stereocenters. The minimum absolute atomic E-state index is 0. The van der Waals surface area contributed by atoms with Gasteiger partial charge in [-0.05, 0) is 91.1 Å². The molecule has 4 aromatic heterocycles. The Morgan fingerprint density at radius 1 is 0.878 bits per heavy atom. The van der Waals surface area contributed by atoms with Gasteiger partial charge in [0.15, 0.2) is 0 Å². The molecular formula is C43H47IrN3OSi-2. The molecule has 4 nitrogen and oxygen atoms in total. The maximum absolute atomic E-state index is 6.04. The normalized spacial score (nSPS) is 18.7. The van der Waals surface area contributed by atoms with Gasteiger partial charge < -0.3 is 14.4 Å². The van der Waals surface area contributed by atoms with Crippen LogP contribution in [-0.4, -0.2) is 23.0 Å². The largest absolute Gasteiger partial charge is 0.486 e. The summed E-state index contributed by atoms with van der Waals surface area (Å²) in [5, 5.41) is 3.65. The molecule has 3 aliphatic rings. The van der Waals surface area contributed by atoms with Crippen molar-refractivity contribution in [3.8, 4) is 22.5 Å². The Kier molecular flexibility index (Phi) is 10.7. The van der Waals surface area contributed by atoms with Gasteiger partial charge in [-0.25, -0.2) is 4.98 Å². The molecule has 2 aromatic carbocycles. The first-order chi connectivity index (χ1) is 23.1. The average molecular weight is 842 g/mol. The molecule has 1 radical (unpaired) electrons. The number of benzene rings is 2. The van der Waals surface area contributed by atoms with E-state index in [1.807, 2.05) is 43.5 Å². The minimum Gasteiger partial charge on any atom is -0.486 e. The molecule has 0 N–H and O–H groups in total. The van der Waals surface area contributed by atoms with E-state index >= 15 is 0 Å². The molecule has 4 heterocycles. The van der Waals surface area contributed by atoms with Gasteiger partial charge in [0.2, 0.25) is 5.71 Å². The Morgan fingerprint density at radius 3 is 2.39 bits per heavy atom. The van der Waals surface area contributed by atoms with Crippen LogP contribution in [0.1, 0.15) is 68.7 Å². The van der Waals surface area contributed by atoms with Crippen LogP contribution in [0.25, 0.3) is 44.6 Å². The molecule has 0 spiro atoms. The van der Waals surface area contributed by atoms with Crippen molar-refractivity contribution in [1.29, 1.82) is 0 Å². The fraction of sp³-hybridized carbons (Fsp3) is 0.372. The topological polar surface area (TPSA) is 51.8 Å². The molecule has 6 aromatic rings. The first-order valence-electron chi connectivity index (χ1n) is 17.8. The maximum Gasteiger partial charge on any atom is 0.216 e. The van der Waals surface area contributed by atoms with Crippen molar-refractivity contribution in [2.24, 2.45) is 17.8 Å². The van der Waals surface area contributed by atoms with E-state index in [0.29, 0.717) is 11.6 Å². The predicted molar refractivity (Wildman–Crippen MR) is 201 cm³/mol. The number of nitrogens with zero attached hydrogens (tertiary/aromatic N) is 3. The van der Waals surface area contributed by atoms with Gasteiger partial charge in [0.1, 0.15) is 0 Å². The third kappa shape index (κ3) is 7.67. The standard InChI is InChI=1S/C23H30NSi.C20H17N2O.Ir/c1-25(2,3)23-16-24-22(19-7-5-4-6-8-19)15-21(23)14-20-13-17-9-11-18(20)12-10-17;1-12(2)14-9-10-21-18(11-14)17-6-4-5-15-16-8-7-13(3)22-20(16)23-19(15)17;/h4-7,15-18,20H,9-14H2,1-3H3;4-5,7-12H,1-3H3;/q2*-1;. The van der Waals surface area contributed by atoms with Gasteiger partial charge in [0.25, 0.3) is 0 Å². The van der Waals surface area contributed by atoms with Crippen LogP contribution in [0.2, 0.25) is 19.6 Å². The van der Waals surface area contributed by atoms with Gasteiger partial charge in [-0.2, -0.15) is 0 Å². The maximum atomic E-state index is 6.04. The Morgan fingerprint density at radius 2 is 1.69 bits per heavy atom. The zero-order valence-corrected chi connectivity index (χ0v) is 33.0. The van der Waals surface area contributed by atoms with Crippen LogP contribution in [0.15, 0.2) is 83.5 Å². The number of furan rings is 1. The molecule has 255 valence electrons. The van der Waals surface area contributed by atoms with Crippen molar-refractivity contribution in [2.45, 2.75) is 84.9 Å². The zero-order valence-electron chi connectivity index (χ0n) is 29.6. The zero-order chi connectivity index (χ0) is 33.4. The molecule has 1 unspecified atom stereocenters. The van der Waals surface area contributed by atoms with Crippen LogP contribution in [0.3, 0.4) is 0 Å². The summed E-state index contributed by atoms with van der Waals surface area (Å²) in [6, 6.07) is 29.4. The molecule has 9 rings (SSSR count). The summed E-state index contributed by atoms with van der Waals surface area (Å²) in [5.41, 5.74) is 9.24. The summed E-state index contributed by atoms with van der Waals surface area (Å²) in [7, 11) is -1.38. The van der Waals surface area contributed by atoms with Crippen molar-refractivity contribution in [1.82, 2.24) is 15.0 Å². The summed E-state index contributed by atoms with van der Waals surface area (Å²) in [6.07, 6.45) is 12.7. The van der Waals surface area contributed by atoms with Gasteiger partial charge in [-0.15, -0.1) is 54.1 Å². The number of aromatic nitrogens is 3. The summed E-state index contributed by atoms with van der Waals surface area (Å²) in [4.78, 5) is 13.8. The van der Waals surface area contributed by atoms with Crippen LogP contribution < -0.4 is 5.19 Å². The summed E-state index contributed by atoms with van der Waals surface area (Å²) in [5.74, 6) is 3.34. The number of hydrogen-bond acceptors (Lipinski definition) is 4. The predicted octanol–water partition coefficient (Wildman–Crippen LogP) is 10.7. The average Bonchev–Trinajstić information content (AvgIpc) is 3.47. The van der Waals surface area contributed by atoms with Crippen LogP contribution in [0.4, 0.5) is 0 Å². The molecule has 2 bridgehead atoms. The SMILES string of the molecule is C[Si](C)(C)c1cnc(-c2[c-]cccc2)cc1CC1CC2CCC1CC2.Cc1ccc2c(n1)oc1c(-c3cc(C(C)C)ccn3)[c-]ccc12.[Ir]. The number of aryl methyl sites for hydroxylation is 1. The summed E-state index contributed by atoms with van der Waals surface area (Å²) >= 11 is 0. The van der Waals surface area contributed by atoms with E-state index in [0.717, 1.165) is 62.3 Å². The fourth-order valence-electron chi connectivity index (χ4n) is 7.94. The van der Waals surface area contributed by atoms with Crippen molar-refractivity contribution < 1.29 is 24.5 Å². The van der Waals surface area contributed by atoms with Crippen LogP contribution in [-0.2, 0) is 26.5 Å². The number of fused-ring (bicyclic) bond motifs is 6. The second-order valence-electron chi connectivity index (χ2n) is 15.4. The Labute approximate surface area is 306 Å². The van der Waals surface area contributed by atoms with Crippen molar-refractivity contribution in [3.63, 3.8) is 0 Å². The quantitative estimate of drug-likeness (QED) is 0.124. The van der Waals surface area contributed by atoms with Gasteiger partial charge in [0, 0.05) is 43.6 Å².